The van der Waals surface area contributed by atoms with E-state index in [1.165, 1.54) is 32.5 Å². The van der Waals surface area contributed by atoms with Gasteiger partial charge in [-0.1, -0.05) is 0 Å². The van der Waals surface area contributed by atoms with Gasteiger partial charge in [-0.3, -0.25) is 5.10 Å². The van der Waals surface area contributed by atoms with Gasteiger partial charge in [-0.25, -0.2) is 0 Å². The van der Waals surface area contributed by atoms with Crippen molar-refractivity contribution in [1.29, 1.82) is 0 Å². The zero-order valence-electron chi connectivity index (χ0n) is 9.20. The number of likely N-dealkylation sites (tertiary alicyclic amines) is 1. The van der Waals surface area contributed by atoms with E-state index in [9.17, 15) is 0 Å². The van der Waals surface area contributed by atoms with Crippen LogP contribution in [0, 0.1) is 11.7 Å². The lowest BCUT2D eigenvalue weighted by molar-refractivity contribution is 0.324. The lowest BCUT2D eigenvalue weighted by Gasteiger charge is -2.14. The first-order chi connectivity index (χ1) is 7.27. The second-order valence-corrected chi connectivity index (χ2v) is 4.52. The van der Waals surface area contributed by atoms with E-state index in [1.807, 2.05) is 6.92 Å². The fourth-order valence-corrected chi connectivity index (χ4v) is 2.39. The summed E-state index contributed by atoms with van der Waals surface area (Å²) in [5, 5.41) is 6.92. The molecule has 5 heteroatoms. The topological polar surface area (TPSA) is 36.9 Å². The van der Waals surface area contributed by atoms with Crippen LogP contribution in [0.25, 0.3) is 0 Å². The average molecular weight is 226 g/mol. The van der Waals surface area contributed by atoms with Crippen LogP contribution >= 0.6 is 12.2 Å². The highest BCUT2D eigenvalue weighted by molar-refractivity contribution is 7.71. The van der Waals surface area contributed by atoms with E-state index in [4.69, 9.17) is 12.2 Å². The Bertz CT molecular complexity index is 362. The molecule has 1 fully saturated rings. The lowest BCUT2D eigenvalue weighted by atomic mass is 10.4. The predicted octanol–water partition coefficient (Wildman–Crippen LogP) is 1.74. The van der Waals surface area contributed by atoms with E-state index in [0.717, 1.165) is 23.6 Å². The number of hydrogen-bond donors (Lipinski definition) is 1. The summed E-state index contributed by atoms with van der Waals surface area (Å²) < 4.78 is 2.82. The Kier molecular flexibility index (Phi) is 3.53. The molecular weight excluding hydrogens is 208 g/mol. The van der Waals surface area contributed by atoms with E-state index < -0.39 is 0 Å². The van der Waals surface area contributed by atoms with Crippen LogP contribution in [0.2, 0.25) is 0 Å². The molecule has 1 aliphatic heterocycles. The molecule has 0 amide bonds. The summed E-state index contributed by atoms with van der Waals surface area (Å²) in [5.74, 6) is 0.987. The Balaban J connectivity index is 1.80. The predicted molar refractivity (Wildman–Crippen MR) is 62.4 cm³/mol. The zero-order chi connectivity index (χ0) is 10.7. The van der Waals surface area contributed by atoms with Gasteiger partial charge in [-0.2, -0.15) is 5.10 Å². The molecule has 15 heavy (non-hydrogen) atoms. The van der Waals surface area contributed by atoms with Gasteiger partial charge in [0.05, 0.1) is 0 Å². The summed E-state index contributed by atoms with van der Waals surface area (Å²) in [6, 6.07) is 0. The number of aryl methyl sites for hydroxylation is 1. The van der Waals surface area contributed by atoms with E-state index >= 15 is 0 Å². The number of nitrogens with one attached hydrogen (secondary N) is 1. The molecule has 0 spiro atoms. The molecule has 0 saturated carbocycles. The molecule has 1 N–H and O–H groups in total. The molecule has 0 bridgehead atoms. The second kappa shape index (κ2) is 4.90. The van der Waals surface area contributed by atoms with E-state index in [0.29, 0.717) is 0 Å². The Labute approximate surface area is 95.3 Å². The molecule has 84 valence electrons. The van der Waals surface area contributed by atoms with Crippen LogP contribution in [0.15, 0.2) is 0 Å². The highest BCUT2D eigenvalue weighted by Crippen LogP contribution is 2.08. The van der Waals surface area contributed by atoms with Gasteiger partial charge in [0, 0.05) is 6.54 Å². The van der Waals surface area contributed by atoms with Crippen LogP contribution in [-0.4, -0.2) is 39.3 Å². The number of hydrogen-bond acceptors (Lipinski definition) is 3. The maximum Gasteiger partial charge on any atom is 0.195 e. The molecule has 1 aromatic heterocycles. The van der Waals surface area contributed by atoms with Gasteiger partial charge in [0.25, 0.3) is 0 Å². The summed E-state index contributed by atoms with van der Waals surface area (Å²) in [5.41, 5.74) is 0. The molecule has 0 radical (unpaired) electrons. The van der Waals surface area contributed by atoms with Crippen molar-refractivity contribution in [1.82, 2.24) is 19.7 Å². The van der Waals surface area contributed by atoms with Crippen LogP contribution in [-0.2, 0) is 6.54 Å². The van der Waals surface area contributed by atoms with E-state index in [1.54, 1.807) is 0 Å². The number of rotatable bonds is 4. The van der Waals surface area contributed by atoms with Gasteiger partial charge in [0.2, 0.25) is 0 Å². The van der Waals surface area contributed by atoms with E-state index in [-0.39, 0.29) is 0 Å². The van der Waals surface area contributed by atoms with Crippen LogP contribution in [0.5, 0.6) is 0 Å². The van der Waals surface area contributed by atoms with Crippen molar-refractivity contribution in [2.75, 3.05) is 19.6 Å². The SMILES string of the molecule is Cc1n[nH]c(=S)n1CCCN1CCCC1. The fraction of sp³-hybridized carbons (Fsp3) is 0.800. The highest BCUT2D eigenvalue weighted by atomic mass is 32.1. The van der Waals surface area contributed by atoms with Crippen molar-refractivity contribution in [2.45, 2.75) is 32.7 Å². The third-order valence-electron chi connectivity index (χ3n) is 3.00. The Morgan fingerprint density at radius 1 is 1.33 bits per heavy atom. The van der Waals surface area contributed by atoms with Gasteiger partial charge in [0.15, 0.2) is 4.77 Å². The molecule has 4 nitrogen and oxygen atoms in total. The van der Waals surface area contributed by atoms with Crippen LogP contribution in [0.4, 0.5) is 0 Å². The first kappa shape index (κ1) is 10.8. The molecule has 0 unspecified atom stereocenters. The third kappa shape index (κ3) is 2.66. The minimum atomic E-state index is 0.744. The molecule has 2 rings (SSSR count). The smallest absolute Gasteiger partial charge is 0.195 e. The van der Waals surface area contributed by atoms with Gasteiger partial charge in [-0.05, 0) is 58.0 Å². The largest absolute Gasteiger partial charge is 0.304 e. The summed E-state index contributed by atoms with van der Waals surface area (Å²) in [7, 11) is 0. The maximum atomic E-state index is 5.15. The van der Waals surface area contributed by atoms with Gasteiger partial charge in [-0.15, -0.1) is 0 Å². The molecule has 2 heterocycles. The summed E-state index contributed by atoms with van der Waals surface area (Å²) >= 11 is 5.15. The molecule has 0 atom stereocenters. The van der Waals surface area contributed by atoms with Gasteiger partial charge < -0.3 is 9.47 Å². The average Bonchev–Trinajstić information content (AvgIpc) is 2.82. The molecule has 1 aromatic rings. The third-order valence-corrected chi connectivity index (χ3v) is 3.32. The normalized spacial score (nSPS) is 17.4. The zero-order valence-corrected chi connectivity index (χ0v) is 10.0. The minimum Gasteiger partial charge on any atom is -0.304 e. The second-order valence-electron chi connectivity index (χ2n) is 4.13. The summed E-state index contributed by atoms with van der Waals surface area (Å²) in [4.78, 5) is 2.53. The molecule has 1 aliphatic rings. The Morgan fingerprint density at radius 3 is 2.67 bits per heavy atom. The van der Waals surface area contributed by atoms with Crippen molar-refractivity contribution >= 4 is 12.2 Å². The molecule has 1 saturated heterocycles. The van der Waals surface area contributed by atoms with Crippen molar-refractivity contribution in [3.05, 3.63) is 10.6 Å². The fourth-order valence-electron chi connectivity index (χ4n) is 2.12. The van der Waals surface area contributed by atoms with Crippen molar-refractivity contribution < 1.29 is 0 Å². The van der Waals surface area contributed by atoms with Crippen LogP contribution in [0.1, 0.15) is 25.1 Å². The van der Waals surface area contributed by atoms with Crippen molar-refractivity contribution in [3.63, 3.8) is 0 Å². The first-order valence-corrected chi connectivity index (χ1v) is 6.02. The number of aromatic nitrogens is 3. The maximum absolute atomic E-state index is 5.15. The number of nitrogens with zero attached hydrogens (tertiary/aromatic N) is 3. The summed E-state index contributed by atoms with van der Waals surface area (Å²) in [6.07, 6.45) is 3.89. The minimum absolute atomic E-state index is 0.744. The Hall–Kier alpha value is -0.680. The van der Waals surface area contributed by atoms with Crippen LogP contribution in [0.3, 0.4) is 0 Å². The van der Waals surface area contributed by atoms with Crippen LogP contribution < -0.4 is 0 Å². The monoisotopic (exact) mass is 226 g/mol. The first-order valence-electron chi connectivity index (χ1n) is 5.61. The molecular formula is C10H18N4S. The number of H-pyrrole nitrogens is 1. The standard InChI is InChI=1S/C10H18N4S/c1-9-11-12-10(15)14(9)8-4-7-13-5-2-3-6-13/h2-8H2,1H3,(H,12,15). The van der Waals surface area contributed by atoms with E-state index in [2.05, 4.69) is 19.7 Å². The molecule has 0 aromatic carbocycles. The summed E-state index contributed by atoms with van der Waals surface area (Å²) in [6.45, 7) is 6.71. The van der Waals surface area contributed by atoms with Gasteiger partial charge in [0.1, 0.15) is 5.82 Å². The highest BCUT2D eigenvalue weighted by Gasteiger charge is 2.10. The van der Waals surface area contributed by atoms with Crippen molar-refractivity contribution in [3.8, 4) is 0 Å². The lowest BCUT2D eigenvalue weighted by Crippen LogP contribution is -2.21. The van der Waals surface area contributed by atoms with Crippen molar-refractivity contribution in [2.24, 2.45) is 0 Å². The quantitative estimate of drug-likeness (QED) is 0.794. The Morgan fingerprint density at radius 2 is 2.07 bits per heavy atom. The van der Waals surface area contributed by atoms with Gasteiger partial charge >= 0.3 is 0 Å². The number of aromatic amines is 1. The molecule has 0 aliphatic carbocycles.